The van der Waals surface area contributed by atoms with Crippen molar-refractivity contribution in [2.24, 2.45) is 0 Å². The Morgan fingerprint density at radius 1 is 0.317 bits per heavy atom. The Balaban J connectivity index is 1.02. The molecular weight excluding hydrogens is 765 g/mol. The van der Waals surface area contributed by atoms with Gasteiger partial charge >= 0.3 is 0 Å². The molecule has 0 fully saturated rings. The molecule has 0 saturated heterocycles. The van der Waals surface area contributed by atoms with E-state index < -0.39 is 0 Å². The van der Waals surface area contributed by atoms with Crippen molar-refractivity contribution in [2.75, 3.05) is 4.90 Å². The van der Waals surface area contributed by atoms with Gasteiger partial charge in [-0.1, -0.05) is 170 Å². The molecule has 296 valence electrons. The third kappa shape index (κ3) is 6.38. The van der Waals surface area contributed by atoms with Crippen molar-refractivity contribution < 1.29 is 4.42 Å². The van der Waals surface area contributed by atoms with Crippen LogP contribution in [0.4, 0.5) is 17.1 Å². The van der Waals surface area contributed by atoms with Crippen molar-refractivity contribution in [1.29, 1.82) is 0 Å². The van der Waals surface area contributed by atoms with E-state index in [9.17, 15) is 0 Å². The van der Waals surface area contributed by atoms with Crippen LogP contribution in [0, 0.1) is 0 Å². The Bertz CT molecular complexity index is 3550. The number of rotatable bonds is 8. The number of nitrogens with zero attached hydrogens (tertiary/aromatic N) is 2. The highest BCUT2D eigenvalue weighted by atomic mass is 16.3. The minimum absolute atomic E-state index is 0.879. The van der Waals surface area contributed by atoms with Gasteiger partial charge in [-0.25, -0.2) is 0 Å². The summed E-state index contributed by atoms with van der Waals surface area (Å²) in [6.07, 6.45) is 0. The van der Waals surface area contributed by atoms with Crippen molar-refractivity contribution >= 4 is 60.8 Å². The summed E-state index contributed by atoms with van der Waals surface area (Å²) in [6.45, 7) is 0. The van der Waals surface area contributed by atoms with Crippen molar-refractivity contribution in [3.05, 3.63) is 243 Å². The smallest absolute Gasteiger partial charge is 0.136 e. The standard InChI is InChI=1S/C60H40N2O/c1-3-16-41(17-4-1)43-30-34-47(35-31-43)61(55-25-11-9-22-52(55)53-24-15-29-59-60(53)54-23-10-14-28-58(54)63-59)48-36-32-44(33-37-48)46-38-45(42-18-5-2-6-19-42)39-49(40-46)62-56-26-12-7-20-50(56)51-21-8-13-27-57(51)62/h1-40H. The van der Waals surface area contributed by atoms with Gasteiger partial charge in [0.2, 0.25) is 0 Å². The number of fused-ring (bicyclic) bond motifs is 6. The summed E-state index contributed by atoms with van der Waals surface area (Å²) in [5, 5.41) is 4.73. The highest BCUT2D eigenvalue weighted by Crippen LogP contribution is 2.45. The summed E-state index contributed by atoms with van der Waals surface area (Å²) in [5.74, 6) is 0. The van der Waals surface area contributed by atoms with E-state index in [2.05, 4.69) is 246 Å². The first-order valence-corrected chi connectivity index (χ1v) is 21.5. The van der Waals surface area contributed by atoms with Gasteiger partial charge < -0.3 is 13.9 Å². The summed E-state index contributed by atoms with van der Waals surface area (Å²) >= 11 is 0. The molecule has 0 N–H and O–H groups in total. The van der Waals surface area contributed by atoms with Gasteiger partial charge in [0, 0.05) is 44.2 Å². The van der Waals surface area contributed by atoms with Gasteiger partial charge in [-0.15, -0.1) is 0 Å². The first-order chi connectivity index (χ1) is 31.2. The number of furan rings is 1. The van der Waals surface area contributed by atoms with E-state index in [1.165, 1.54) is 44.1 Å². The van der Waals surface area contributed by atoms with Crippen LogP contribution in [-0.4, -0.2) is 4.57 Å². The molecule has 0 bridgehead atoms. The average molecular weight is 805 g/mol. The predicted molar refractivity (Wildman–Crippen MR) is 264 cm³/mol. The second kappa shape index (κ2) is 15.3. The fourth-order valence-electron chi connectivity index (χ4n) is 9.46. The Labute approximate surface area is 366 Å². The largest absolute Gasteiger partial charge is 0.456 e. The van der Waals surface area contributed by atoms with Gasteiger partial charge in [0.1, 0.15) is 11.2 Å². The number of anilines is 3. The zero-order valence-corrected chi connectivity index (χ0v) is 34.4. The van der Waals surface area contributed by atoms with Gasteiger partial charge in [-0.3, -0.25) is 0 Å². The summed E-state index contributed by atoms with van der Waals surface area (Å²) in [6, 6.07) is 87.2. The lowest BCUT2D eigenvalue weighted by Crippen LogP contribution is -2.11. The van der Waals surface area contributed by atoms with Crippen LogP contribution in [0.3, 0.4) is 0 Å². The fourth-order valence-corrected chi connectivity index (χ4v) is 9.46. The van der Waals surface area contributed by atoms with Crippen LogP contribution in [0.5, 0.6) is 0 Å². The molecule has 63 heavy (non-hydrogen) atoms. The third-order valence-electron chi connectivity index (χ3n) is 12.4. The van der Waals surface area contributed by atoms with Crippen molar-refractivity contribution in [3.63, 3.8) is 0 Å². The van der Waals surface area contributed by atoms with E-state index >= 15 is 0 Å². The molecule has 2 heterocycles. The van der Waals surface area contributed by atoms with Crippen molar-refractivity contribution in [2.45, 2.75) is 0 Å². The lowest BCUT2D eigenvalue weighted by Gasteiger charge is -2.28. The molecule has 0 unspecified atom stereocenters. The Hall–Kier alpha value is -8.40. The van der Waals surface area contributed by atoms with Crippen LogP contribution in [0.2, 0.25) is 0 Å². The van der Waals surface area contributed by atoms with Crippen LogP contribution in [0.15, 0.2) is 247 Å². The number of benzene rings is 10. The fraction of sp³-hybridized carbons (Fsp3) is 0. The Morgan fingerprint density at radius 3 is 1.41 bits per heavy atom. The minimum atomic E-state index is 0.879. The van der Waals surface area contributed by atoms with Crippen molar-refractivity contribution in [3.8, 4) is 50.2 Å². The average Bonchev–Trinajstić information content (AvgIpc) is 3.91. The van der Waals surface area contributed by atoms with Crippen molar-refractivity contribution in [1.82, 2.24) is 4.57 Å². The monoisotopic (exact) mass is 804 g/mol. The summed E-state index contributed by atoms with van der Waals surface area (Å²) in [4.78, 5) is 2.39. The SMILES string of the molecule is c1ccc(-c2ccc(N(c3ccc(-c4cc(-c5ccccc5)cc(-n5c6ccccc6c6ccccc65)c4)cc3)c3ccccc3-c3cccc4oc5ccccc5c34)cc2)cc1. The lowest BCUT2D eigenvalue weighted by molar-refractivity contribution is 0.669. The second-order valence-electron chi connectivity index (χ2n) is 16.1. The van der Waals surface area contributed by atoms with Gasteiger partial charge in [0.15, 0.2) is 0 Å². The minimum Gasteiger partial charge on any atom is -0.456 e. The lowest BCUT2D eigenvalue weighted by atomic mass is 9.96. The first-order valence-electron chi connectivity index (χ1n) is 21.5. The molecule has 2 aromatic heterocycles. The highest BCUT2D eigenvalue weighted by Gasteiger charge is 2.21. The second-order valence-corrected chi connectivity index (χ2v) is 16.1. The number of para-hydroxylation sites is 4. The van der Waals surface area contributed by atoms with E-state index in [1.807, 2.05) is 6.07 Å². The van der Waals surface area contributed by atoms with E-state index in [-0.39, 0.29) is 0 Å². The molecule has 0 atom stereocenters. The molecular formula is C60H40N2O. The topological polar surface area (TPSA) is 21.3 Å². The maximum atomic E-state index is 6.39. The van der Waals surface area contributed by atoms with Crippen LogP contribution < -0.4 is 4.90 Å². The van der Waals surface area contributed by atoms with E-state index in [4.69, 9.17) is 4.42 Å². The normalized spacial score (nSPS) is 11.5. The molecule has 0 aliphatic rings. The maximum Gasteiger partial charge on any atom is 0.136 e. The number of hydrogen-bond donors (Lipinski definition) is 0. The van der Waals surface area contributed by atoms with Crippen LogP contribution in [-0.2, 0) is 0 Å². The van der Waals surface area contributed by atoms with E-state index in [0.717, 1.165) is 66.9 Å². The Morgan fingerprint density at radius 2 is 0.778 bits per heavy atom. The zero-order chi connectivity index (χ0) is 41.7. The summed E-state index contributed by atoms with van der Waals surface area (Å²) in [7, 11) is 0. The number of aromatic nitrogens is 1. The summed E-state index contributed by atoms with van der Waals surface area (Å²) in [5.41, 5.74) is 17.7. The van der Waals surface area contributed by atoms with Gasteiger partial charge in [-0.05, 0) is 112 Å². The number of hydrogen-bond acceptors (Lipinski definition) is 2. The van der Waals surface area contributed by atoms with Gasteiger partial charge in [0.25, 0.3) is 0 Å². The van der Waals surface area contributed by atoms with Gasteiger partial charge in [-0.2, -0.15) is 0 Å². The first kappa shape index (κ1) is 36.5. The molecule has 12 rings (SSSR count). The highest BCUT2D eigenvalue weighted by molar-refractivity contribution is 6.14. The molecule has 10 aromatic carbocycles. The van der Waals surface area contributed by atoms with E-state index in [0.29, 0.717) is 0 Å². The van der Waals surface area contributed by atoms with E-state index in [1.54, 1.807) is 0 Å². The molecule has 0 saturated carbocycles. The molecule has 0 aliphatic carbocycles. The van der Waals surface area contributed by atoms with Crippen LogP contribution in [0.25, 0.3) is 93.9 Å². The van der Waals surface area contributed by atoms with Gasteiger partial charge in [0.05, 0.1) is 16.7 Å². The third-order valence-corrected chi connectivity index (χ3v) is 12.4. The van der Waals surface area contributed by atoms with Crippen LogP contribution in [0.1, 0.15) is 0 Å². The molecule has 0 radical (unpaired) electrons. The molecule has 3 heteroatoms. The molecule has 12 aromatic rings. The molecule has 0 spiro atoms. The zero-order valence-electron chi connectivity index (χ0n) is 34.4. The Kier molecular flexibility index (Phi) is 8.83. The maximum absolute atomic E-state index is 6.39. The van der Waals surface area contributed by atoms with Crippen LogP contribution >= 0.6 is 0 Å². The quantitative estimate of drug-likeness (QED) is 0.153. The predicted octanol–water partition coefficient (Wildman–Crippen LogP) is 16.8. The molecule has 3 nitrogen and oxygen atoms in total. The molecule has 0 aliphatic heterocycles. The molecule has 0 amide bonds. The summed E-state index contributed by atoms with van der Waals surface area (Å²) < 4.78 is 8.80.